The van der Waals surface area contributed by atoms with E-state index in [1.165, 1.54) is 0 Å². The van der Waals surface area contributed by atoms with Gasteiger partial charge in [-0.1, -0.05) is 12.1 Å². The molecule has 1 aromatic carbocycles. The molecule has 0 aromatic heterocycles. The first kappa shape index (κ1) is 10.0. The first-order chi connectivity index (χ1) is 6.66. The summed E-state index contributed by atoms with van der Waals surface area (Å²) in [6.07, 6.45) is 0.381. The molecule has 0 bridgehead atoms. The van der Waals surface area contributed by atoms with Crippen molar-refractivity contribution < 1.29 is 9.59 Å². The van der Waals surface area contributed by atoms with E-state index in [-0.39, 0.29) is 0 Å². The van der Waals surface area contributed by atoms with E-state index < -0.39 is 5.91 Å². The Labute approximate surface area is 81.3 Å². The van der Waals surface area contributed by atoms with Crippen LogP contribution in [0.15, 0.2) is 18.2 Å². The number of carbonyl (C=O) groups is 2. The lowest BCUT2D eigenvalue weighted by Crippen LogP contribution is -2.36. The summed E-state index contributed by atoms with van der Waals surface area (Å²) in [5.41, 5.74) is 11.4. The van der Waals surface area contributed by atoms with E-state index in [1.807, 2.05) is 0 Å². The van der Waals surface area contributed by atoms with Crippen molar-refractivity contribution in [2.24, 2.45) is 0 Å². The average Bonchev–Trinajstić information content (AvgIpc) is 2.14. The van der Waals surface area contributed by atoms with Crippen LogP contribution in [0.4, 0.5) is 5.69 Å². The maximum absolute atomic E-state index is 11.4. The van der Waals surface area contributed by atoms with Crippen molar-refractivity contribution in [3.8, 4) is 0 Å². The van der Waals surface area contributed by atoms with Crippen molar-refractivity contribution in [2.75, 3.05) is 5.73 Å². The number of anilines is 1. The second-order valence-corrected chi connectivity index (χ2v) is 2.76. The summed E-state index contributed by atoms with van der Waals surface area (Å²) in [5.74, 6) is -0.423. The van der Waals surface area contributed by atoms with Crippen molar-refractivity contribution in [1.82, 2.24) is 10.9 Å². The third-order valence-electron chi connectivity index (χ3n) is 1.78. The van der Waals surface area contributed by atoms with E-state index in [9.17, 15) is 9.59 Å². The lowest BCUT2D eigenvalue weighted by atomic mass is 10.1. The van der Waals surface area contributed by atoms with E-state index in [0.29, 0.717) is 17.7 Å². The highest BCUT2D eigenvalue weighted by molar-refractivity contribution is 6.00. The standard InChI is InChI=1S/C9H11N3O2/c1-6-3-2-4-7(10)8(6)9(14)12-11-5-13/h2-5H,10H2,1H3,(H,11,13)(H,12,14). The predicted molar refractivity (Wildman–Crippen MR) is 52.3 cm³/mol. The van der Waals surface area contributed by atoms with Crippen LogP contribution in [0.2, 0.25) is 0 Å². The number of nitrogens with two attached hydrogens (primary N) is 1. The molecule has 0 aliphatic carbocycles. The second-order valence-electron chi connectivity index (χ2n) is 2.76. The van der Waals surface area contributed by atoms with Gasteiger partial charge in [0.1, 0.15) is 0 Å². The Kier molecular flexibility index (Phi) is 3.06. The zero-order chi connectivity index (χ0) is 10.6. The van der Waals surface area contributed by atoms with Gasteiger partial charge in [0.25, 0.3) is 5.91 Å². The van der Waals surface area contributed by atoms with Crippen molar-refractivity contribution in [1.29, 1.82) is 0 Å². The third-order valence-corrected chi connectivity index (χ3v) is 1.78. The van der Waals surface area contributed by atoms with Crippen LogP contribution in [0.25, 0.3) is 0 Å². The highest BCUT2D eigenvalue weighted by atomic mass is 16.2. The molecule has 0 unspecified atom stereocenters. The third kappa shape index (κ3) is 2.01. The van der Waals surface area contributed by atoms with E-state index in [2.05, 4.69) is 10.9 Å². The molecular weight excluding hydrogens is 182 g/mol. The Hall–Kier alpha value is -2.04. The summed E-state index contributed by atoms with van der Waals surface area (Å²) >= 11 is 0. The first-order valence-corrected chi connectivity index (χ1v) is 4.01. The van der Waals surface area contributed by atoms with Crippen LogP contribution in [0.5, 0.6) is 0 Å². The Bertz CT molecular complexity index is 343. The van der Waals surface area contributed by atoms with Gasteiger partial charge >= 0.3 is 0 Å². The van der Waals surface area contributed by atoms with Gasteiger partial charge in [0, 0.05) is 5.69 Å². The Morgan fingerprint density at radius 2 is 2.21 bits per heavy atom. The van der Waals surface area contributed by atoms with Gasteiger partial charge in [-0.2, -0.15) is 0 Å². The fourth-order valence-electron chi connectivity index (χ4n) is 1.16. The number of hydrogen-bond acceptors (Lipinski definition) is 3. The number of carbonyl (C=O) groups excluding carboxylic acids is 2. The largest absolute Gasteiger partial charge is 0.398 e. The van der Waals surface area contributed by atoms with E-state index in [4.69, 9.17) is 5.73 Å². The summed E-state index contributed by atoms with van der Waals surface area (Å²) in [6.45, 7) is 1.77. The number of hydrogen-bond donors (Lipinski definition) is 3. The number of aryl methyl sites for hydroxylation is 1. The topological polar surface area (TPSA) is 84.2 Å². The highest BCUT2D eigenvalue weighted by Gasteiger charge is 2.11. The number of benzene rings is 1. The van der Waals surface area contributed by atoms with E-state index >= 15 is 0 Å². The monoisotopic (exact) mass is 193 g/mol. The molecule has 0 fully saturated rings. The first-order valence-electron chi connectivity index (χ1n) is 4.01. The molecule has 0 saturated heterocycles. The van der Waals surface area contributed by atoms with Gasteiger partial charge in [-0.15, -0.1) is 0 Å². The lowest BCUT2D eigenvalue weighted by Gasteiger charge is -2.08. The molecule has 0 spiro atoms. The van der Waals surface area contributed by atoms with Crippen LogP contribution in [0.3, 0.4) is 0 Å². The summed E-state index contributed by atoms with van der Waals surface area (Å²) < 4.78 is 0. The minimum Gasteiger partial charge on any atom is -0.398 e. The van der Waals surface area contributed by atoms with Gasteiger partial charge in [-0.05, 0) is 18.6 Å². The lowest BCUT2D eigenvalue weighted by molar-refractivity contribution is -0.110. The average molecular weight is 193 g/mol. The van der Waals surface area contributed by atoms with Crippen LogP contribution in [-0.2, 0) is 4.79 Å². The highest BCUT2D eigenvalue weighted by Crippen LogP contribution is 2.15. The Morgan fingerprint density at radius 3 is 2.79 bits per heavy atom. The summed E-state index contributed by atoms with van der Waals surface area (Å²) in [4.78, 5) is 21.4. The summed E-state index contributed by atoms with van der Waals surface area (Å²) in [5, 5.41) is 0. The van der Waals surface area contributed by atoms with E-state index in [1.54, 1.807) is 25.1 Å². The predicted octanol–water partition coefficient (Wildman–Crippen LogP) is -0.0320. The minimum atomic E-state index is -0.423. The van der Waals surface area contributed by atoms with Crippen molar-refractivity contribution in [3.63, 3.8) is 0 Å². The zero-order valence-electron chi connectivity index (χ0n) is 7.70. The van der Waals surface area contributed by atoms with Gasteiger partial charge in [0.15, 0.2) is 0 Å². The number of nitrogen functional groups attached to an aromatic ring is 1. The molecule has 0 heterocycles. The molecule has 14 heavy (non-hydrogen) atoms. The number of amides is 2. The molecule has 0 saturated carbocycles. The quantitative estimate of drug-likeness (QED) is 0.358. The Morgan fingerprint density at radius 1 is 1.50 bits per heavy atom. The minimum absolute atomic E-state index is 0.377. The smallest absolute Gasteiger partial charge is 0.272 e. The molecule has 4 N–H and O–H groups in total. The van der Waals surface area contributed by atoms with Crippen LogP contribution < -0.4 is 16.6 Å². The maximum Gasteiger partial charge on any atom is 0.272 e. The molecule has 5 nitrogen and oxygen atoms in total. The molecule has 0 radical (unpaired) electrons. The maximum atomic E-state index is 11.4. The van der Waals surface area contributed by atoms with Crippen molar-refractivity contribution in [3.05, 3.63) is 29.3 Å². The van der Waals surface area contributed by atoms with Gasteiger partial charge in [0.2, 0.25) is 6.41 Å². The van der Waals surface area contributed by atoms with Crippen molar-refractivity contribution >= 4 is 18.0 Å². The summed E-state index contributed by atoms with van der Waals surface area (Å²) in [7, 11) is 0. The van der Waals surface area contributed by atoms with Gasteiger partial charge < -0.3 is 5.73 Å². The number of hydrazine groups is 1. The molecule has 1 aromatic rings. The molecule has 0 atom stereocenters. The SMILES string of the molecule is Cc1cccc(N)c1C(=O)NNC=O. The fraction of sp³-hybridized carbons (Fsp3) is 0.111. The Balaban J connectivity index is 2.94. The van der Waals surface area contributed by atoms with Crippen molar-refractivity contribution in [2.45, 2.75) is 6.92 Å². The molecular formula is C9H11N3O2. The van der Waals surface area contributed by atoms with Crippen LogP contribution in [0, 0.1) is 6.92 Å². The molecule has 74 valence electrons. The number of rotatable bonds is 3. The van der Waals surface area contributed by atoms with Gasteiger partial charge in [-0.3, -0.25) is 20.4 Å². The molecule has 5 heteroatoms. The van der Waals surface area contributed by atoms with Crippen LogP contribution >= 0.6 is 0 Å². The number of nitrogens with one attached hydrogen (secondary N) is 2. The summed E-state index contributed by atoms with van der Waals surface area (Å²) in [6, 6.07) is 5.16. The molecule has 0 aliphatic heterocycles. The normalized spacial score (nSPS) is 9.21. The molecule has 0 aliphatic rings. The second kappa shape index (κ2) is 4.27. The van der Waals surface area contributed by atoms with E-state index in [0.717, 1.165) is 5.56 Å². The van der Waals surface area contributed by atoms with Crippen LogP contribution in [0.1, 0.15) is 15.9 Å². The van der Waals surface area contributed by atoms with Gasteiger partial charge in [0.05, 0.1) is 5.56 Å². The van der Waals surface area contributed by atoms with Gasteiger partial charge in [-0.25, -0.2) is 0 Å². The van der Waals surface area contributed by atoms with Crippen LogP contribution in [-0.4, -0.2) is 12.3 Å². The molecule has 2 amide bonds. The molecule has 1 rings (SSSR count). The zero-order valence-corrected chi connectivity index (χ0v) is 7.70. The fourth-order valence-corrected chi connectivity index (χ4v) is 1.16.